The SMILES string of the molecule is C[C@H]1CN(c2ccc(C(F)(F)F)cc2)C(=O)c2c(NC(=O)c3ccc(F)cn3)cnn21.S. The van der Waals surface area contributed by atoms with Crippen LogP contribution in [0.3, 0.4) is 0 Å². The smallest absolute Gasteiger partial charge is 0.317 e. The van der Waals surface area contributed by atoms with E-state index in [1.807, 2.05) is 0 Å². The Morgan fingerprint density at radius 3 is 2.41 bits per heavy atom. The molecule has 168 valence electrons. The van der Waals surface area contributed by atoms with Crippen LogP contribution in [0.4, 0.5) is 28.9 Å². The third-order valence-electron chi connectivity index (χ3n) is 4.82. The molecule has 32 heavy (non-hydrogen) atoms. The van der Waals surface area contributed by atoms with Gasteiger partial charge in [-0.3, -0.25) is 14.3 Å². The zero-order chi connectivity index (χ0) is 22.3. The van der Waals surface area contributed by atoms with E-state index in [9.17, 15) is 27.2 Å². The minimum Gasteiger partial charge on any atom is -0.317 e. The number of pyridine rings is 1. The quantitative estimate of drug-likeness (QED) is 0.590. The average molecular weight is 467 g/mol. The summed E-state index contributed by atoms with van der Waals surface area (Å²) in [6, 6.07) is 6.23. The number of nitrogens with zero attached hydrogens (tertiary/aromatic N) is 4. The van der Waals surface area contributed by atoms with Crippen LogP contribution in [0.25, 0.3) is 0 Å². The van der Waals surface area contributed by atoms with Gasteiger partial charge in [0, 0.05) is 12.2 Å². The van der Waals surface area contributed by atoms with Crippen molar-refractivity contribution in [3.05, 3.63) is 71.6 Å². The third-order valence-corrected chi connectivity index (χ3v) is 4.82. The molecule has 1 aliphatic rings. The lowest BCUT2D eigenvalue weighted by molar-refractivity contribution is -0.137. The van der Waals surface area contributed by atoms with E-state index in [-0.39, 0.29) is 48.8 Å². The lowest BCUT2D eigenvalue weighted by Gasteiger charge is -2.32. The zero-order valence-electron chi connectivity index (χ0n) is 16.5. The first-order valence-corrected chi connectivity index (χ1v) is 9.14. The van der Waals surface area contributed by atoms with Gasteiger partial charge < -0.3 is 10.2 Å². The highest BCUT2D eigenvalue weighted by molar-refractivity contribution is 7.59. The molecular formula is C20H17F4N5O2S. The predicted molar refractivity (Wildman–Crippen MR) is 113 cm³/mol. The van der Waals surface area contributed by atoms with Crippen molar-refractivity contribution < 1.29 is 27.2 Å². The van der Waals surface area contributed by atoms with Crippen molar-refractivity contribution >= 4 is 36.7 Å². The van der Waals surface area contributed by atoms with E-state index in [1.54, 1.807) is 6.92 Å². The second-order valence-electron chi connectivity index (χ2n) is 6.98. The van der Waals surface area contributed by atoms with Gasteiger partial charge in [-0.15, -0.1) is 0 Å². The summed E-state index contributed by atoms with van der Waals surface area (Å²) in [5.74, 6) is -1.80. The van der Waals surface area contributed by atoms with Crippen LogP contribution < -0.4 is 10.2 Å². The lowest BCUT2D eigenvalue weighted by atomic mass is 10.1. The monoisotopic (exact) mass is 467 g/mol. The number of hydrogen-bond acceptors (Lipinski definition) is 4. The van der Waals surface area contributed by atoms with Crippen molar-refractivity contribution in [1.29, 1.82) is 0 Å². The molecule has 0 radical (unpaired) electrons. The summed E-state index contributed by atoms with van der Waals surface area (Å²) in [4.78, 5) is 30.6. The predicted octanol–water partition coefficient (Wildman–Crippen LogP) is 4.02. The highest BCUT2D eigenvalue weighted by Crippen LogP contribution is 2.33. The summed E-state index contributed by atoms with van der Waals surface area (Å²) in [7, 11) is 0. The third kappa shape index (κ3) is 4.31. The fourth-order valence-corrected chi connectivity index (χ4v) is 3.30. The number of carbonyl (C=O) groups excluding carboxylic acids is 2. The van der Waals surface area contributed by atoms with Crippen LogP contribution in [0.2, 0.25) is 0 Å². The van der Waals surface area contributed by atoms with Crippen molar-refractivity contribution in [2.75, 3.05) is 16.8 Å². The van der Waals surface area contributed by atoms with Gasteiger partial charge >= 0.3 is 6.18 Å². The molecule has 0 bridgehead atoms. The first kappa shape index (κ1) is 23.3. The van der Waals surface area contributed by atoms with E-state index in [0.29, 0.717) is 0 Å². The summed E-state index contributed by atoms with van der Waals surface area (Å²) < 4.78 is 53.0. The number of fused-ring (bicyclic) bond motifs is 1. The number of hydrogen-bond donors (Lipinski definition) is 1. The van der Waals surface area contributed by atoms with E-state index >= 15 is 0 Å². The molecule has 1 aromatic carbocycles. The second kappa shape index (κ2) is 8.61. The van der Waals surface area contributed by atoms with Crippen molar-refractivity contribution in [1.82, 2.24) is 14.8 Å². The molecule has 0 aliphatic carbocycles. The zero-order valence-corrected chi connectivity index (χ0v) is 17.5. The average Bonchev–Trinajstić information content (AvgIpc) is 3.15. The fourth-order valence-electron chi connectivity index (χ4n) is 3.30. The molecule has 0 spiro atoms. The molecule has 0 fully saturated rings. The summed E-state index contributed by atoms with van der Waals surface area (Å²) in [6.45, 7) is 1.97. The molecule has 3 aromatic rings. The van der Waals surface area contributed by atoms with Gasteiger partial charge in [0.1, 0.15) is 11.5 Å². The van der Waals surface area contributed by atoms with Gasteiger partial charge in [0.25, 0.3) is 11.8 Å². The van der Waals surface area contributed by atoms with Gasteiger partial charge in [0.05, 0.1) is 29.7 Å². The van der Waals surface area contributed by atoms with Crippen molar-refractivity contribution in [2.24, 2.45) is 0 Å². The van der Waals surface area contributed by atoms with E-state index < -0.39 is 29.4 Å². The van der Waals surface area contributed by atoms with Crippen LogP contribution in [0, 0.1) is 5.82 Å². The molecule has 7 nitrogen and oxygen atoms in total. The molecule has 2 amide bonds. The van der Waals surface area contributed by atoms with Crippen molar-refractivity contribution in [3.8, 4) is 0 Å². The number of halogens is 4. The molecule has 4 rings (SSSR count). The Hall–Kier alpha value is -3.41. The minimum absolute atomic E-state index is 0. The number of benzene rings is 1. The summed E-state index contributed by atoms with van der Waals surface area (Å²) in [5.41, 5.74) is -0.399. The van der Waals surface area contributed by atoms with Gasteiger partial charge in [0.2, 0.25) is 0 Å². The molecule has 12 heteroatoms. The molecule has 1 aliphatic heterocycles. The Balaban J connectivity index is 0.00000289. The number of aromatic nitrogens is 3. The summed E-state index contributed by atoms with van der Waals surface area (Å²) in [6.07, 6.45) is -2.29. The molecule has 2 aromatic heterocycles. The number of amides is 2. The highest BCUT2D eigenvalue weighted by atomic mass is 32.1. The van der Waals surface area contributed by atoms with Gasteiger partial charge in [-0.05, 0) is 43.3 Å². The van der Waals surface area contributed by atoms with Crippen LogP contribution >= 0.6 is 13.5 Å². The Kier molecular flexibility index (Phi) is 6.26. The maximum Gasteiger partial charge on any atom is 0.416 e. The molecule has 3 heterocycles. The molecule has 0 saturated heterocycles. The van der Waals surface area contributed by atoms with Crippen molar-refractivity contribution in [3.63, 3.8) is 0 Å². The number of anilines is 2. The Bertz CT molecular complexity index is 1150. The lowest BCUT2D eigenvalue weighted by Crippen LogP contribution is -2.43. The van der Waals surface area contributed by atoms with Crippen LogP contribution in [-0.4, -0.2) is 33.1 Å². The summed E-state index contributed by atoms with van der Waals surface area (Å²) >= 11 is 0. The first-order valence-electron chi connectivity index (χ1n) is 9.14. The first-order chi connectivity index (χ1) is 14.6. The van der Waals surface area contributed by atoms with E-state index in [1.165, 1.54) is 34.0 Å². The van der Waals surface area contributed by atoms with Crippen molar-refractivity contribution in [2.45, 2.75) is 19.1 Å². The van der Waals surface area contributed by atoms with E-state index in [4.69, 9.17) is 0 Å². The number of rotatable bonds is 3. The molecule has 1 atom stereocenters. The van der Waals surface area contributed by atoms with Crippen LogP contribution in [-0.2, 0) is 6.18 Å². The minimum atomic E-state index is -4.48. The Morgan fingerprint density at radius 1 is 1.12 bits per heavy atom. The normalized spacial score (nSPS) is 15.7. The highest BCUT2D eigenvalue weighted by Gasteiger charge is 2.35. The number of alkyl halides is 3. The van der Waals surface area contributed by atoms with Gasteiger partial charge in [-0.2, -0.15) is 31.8 Å². The second-order valence-corrected chi connectivity index (χ2v) is 6.98. The maximum atomic E-state index is 13.1. The largest absolute Gasteiger partial charge is 0.416 e. The molecule has 0 unspecified atom stereocenters. The Morgan fingerprint density at radius 2 is 1.81 bits per heavy atom. The maximum absolute atomic E-state index is 13.1. The van der Waals surface area contributed by atoms with Gasteiger partial charge in [0.15, 0.2) is 5.69 Å². The molecule has 0 saturated carbocycles. The number of nitrogens with one attached hydrogen (secondary N) is 1. The standard InChI is InChI=1S/C20H15F4N5O2.H2S/c1-11-10-28(14-5-2-12(3-6-14)20(22,23)24)19(31)17-16(9-26-29(11)17)27-18(30)15-7-4-13(21)8-25-15;/h2-9,11H,10H2,1H3,(H,27,30);1H2/t11-;/m0./s1. The van der Waals surface area contributed by atoms with Gasteiger partial charge in [-0.25, -0.2) is 9.37 Å². The number of carbonyl (C=O) groups is 2. The van der Waals surface area contributed by atoms with Crippen LogP contribution in [0.15, 0.2) is 48.8 Å². The topological polar surface area (TPSA) is 80.1 Å². The van der Waals surface area contributed by atoms with Crippen LogP contribution in [0.1, 0.15) is 39.5 Å². The summed E-state index contributed by atoms with van der Waals surface area (Å²) in [5, 5.41) is 6.68. The van der Waals surface area contributed by atoms with E-state index in [2.05, 4.69) is 15.4 Å². The van der Waals surface area contributed by atoms with Crippen LogP contribution in [0.5, 0.6) is 0 Å². The van der Waals surface area contributed by atoms with E-state index in [0.717, 1.165) is 24.4 Å². The Labute approximate surface area is 186 Å². The fraction of sp³-hybridized carbons (Fsp3) is 0.200. The molecular weight excluding hydrogens is 450 g/mol. The molecule has 1 N–H and O–H groups in total. The van der Waals surface area contributed by atoms with Gasteiger partial charge in [-0.1, -0.05) is 0 Å².